The van der Waals surface area contributed by atoms with Crippen molar-refractivity contribution in [3.05, 3.63) is 120 Å². The SMILES string of the molecule is C=C(C)C(=O)OCCCCC(=O)OC(COCCCCOC)c1ccccc1.C=C(C)C(=O)OCCCCC(=O)OC(COCCCCOCCOc1ccc(OCCC)cc1)c1ccccc1. The molecule has 0 aliphatic carbocycles. The lowest BCUT2D eigenvalue weighted by Crippen LogP contribution is -2.17. The Balaban J connectivity index is 0.000000498. The number of esters is 4. The van der Waals surface area contributed by atoms with Crippen molar-refractivity contribution in [2.75, 3.05) is 79.8 Å². The molecule has 0 amide bonds. The number of carbonyl (C=O) groups is 4. The standard InChI is InChI=1S/C32H44O8.C22H32O6/c1-4-19-37-28-15-17-29(18-16-28)38-24-23-35-20-10-11-21-36-25-30(27-12-6-5-7-13-27)40-31(33)14-8-9-22-39-32(34)26(2)3;1-18(2)22(24)27-16-8-7-13-21(23)28-20(19-11-5-4-6-12-19)17-26-15-10-9-14-25-3/h5-7,12-13,15-18,30H,2,4,8-11,14,19-25H2,1,3H3;4-6,11-12,20H,1,7-10,13-17H2,2-3H3. The maximum absolute atomic E-state index is 12.4. The van der Waals surface area contributed by atoms with Crippen LogP contribution in [0.4, 0.5) is 0 Å². The van der Waals surface area contributed by atoms with Crippen molar-refractivity contribution in [3.63, 3.8) is 0 Å². The lowest BCUT2D eigenvalue weighted by molar-refractivity contribution is -0.154. The van der Waals surface area contributed by atoms with Gasteiger partial charge in [-0.3, -0.25) is 9.59 Å². The van der Waals surface area contributed by atoms with E-state index in [1.807, 2.05) is 84.9 Å². The molecule has 0 heterocycles. The Labute approximate surface area is 404 Å². The molecule has 68 heavy (non-hydrogen) atoms. The number of carbonyl (C=O) groups excluding carboxylic acids is 4. The summed E-state index contributed by atoms with van der Waals surface area (Å²) in [4.78, 5) is 47.3. The van der Waals surface area contributed by atoms with Crippen molar-refractivity contribution in [2.24, 2.45) is 0 Å². The molecular formula is C54H76O14. The van der Waals surface area contributed by atoms with Gasteiger partial charge in [-0.1, -0.05) is 80.7 Å². The average Bonchev–Trinajstić information content (AvgIpc) is 3.34. The van der Waals surface area contributed by atoms with Crippen molar-refractivity contribution in [1.82, 2.24) is 0 Å². The zero-order valence-electron chi connectivity index (χ0n) is 40.9. The normalized spacial score (nSPS) is 11.5. The molecule has 14 nitrogen and oxygen atoms in total. The van der Waals surface area contributed by atoms with E-state index < -0.39 is 24.1 Å². The van der Waals surface area contributed by atoms with E-state index in [9.17, 15) is 19.2 Å². The molecule has 0 N–H and O–H groups in total. The Morgan fingerprint density at radius 2 is 0.868 bits per heavy atom. The van der Waals surface area contributed by atoms with Gasteiger partial charge in [0, 0.05) is 57.5 Å². The topological polar surface area (TPSA) is 161 Å². The van der Waals surface area contributed by atoms with Crippen LogP contribution in [0.15, 0.2) is 109 Å². The van der Waals surface area contributed by atoms with Gasteiger partial charge >= 0.3 is 23.9 Å². The molecule has 0 aromatic heterocycles. The number of hydrogen-bond acceptors (Lipinski definition) is 14. The van der Waals surface area contributed by atoms with Gasteiger partial charge in [0.2, 0.25) is 0 Å². The van der Waals surface area contributed by atoms with E-state index in [1.54, 1.807) is 21.0 Å². The fourth-order valence-electron chi connectivity index (χ4n) is 5.90. The second-order valence-electron chi connectivity index (χ2n) is 15.9. The summed E-state index contributed by atoms with van der Waals surface area (Å²) in [6.07, 6.45) is 6.42. The van der Waals surface area contributed by atoms with E-state index in [0.29, 0.717) is 89.7 Å². The van der Waals surface area contributed by atoms with Crippen LogP contribution in [0.5, 0.6) is 11.5 Å². The third-order valence-corrected chi connectivity index (χ3v) is 9.65. The number of ether oxygens (including phenoxy) is 10. The van der Waals surface area contributed by atoms with Gasteiger partial charge in [0.1, 0.15) is 18.1 Å². The molecule has 3 aromatic carbocycles. The molecule has 0 saturated heterocycles. The van der Waals surface area contributed by atoms with Gasteiger partial charge in [0.15, 0.2) is 12.2 Å². The highest BCUT2D eigenvalue weighted by Crippen LogP contribution is 2.21. The van der Waals surface area contributed by atoms with Gasteiger partial charge in [0.25, 0.3) is 0 Å². The van der Waals surface area contributed by atoms with E-state index in [-0.39, 0.29) is 44.6 Å². The molecule has 0 aliphatic heterocycles. The fraction of sp³-hybridized carbons (Fsp3) is 0.519. The van der Waals surface area contributed by atoms with Gasteiger partial charge < -0.3 is 47.4 Å². The van der Waals surface area contributed by atoms with Gasteiger partial charge in [-0.05, 0) is 107 Å². The minimum atomic E-state index is -0.476. The highest BCUT2D eigenvalue weighted by atomic mass is 16.6. The fourth-order valence-corrected chi connectivity index (χ4v) is 5.90. The van der Waals surface area contributed by atoms with Gasteiger partial charge in [-0.15, -0.1) is 0 Å². The smallest absolute Gasteiger partial charge is 0.333 e. The molecule has 0 aliphatic rings. The van der Waals surface area contributed by atoms with Crippen molar-refractivity contribution < 1.29 is 66.5 Å². The molecule has 2 unspecified atom stereocenters. The van der Waals surface area contributed by atoms with E-state index >= 15 is 0 Å². The van der Waals surface area contributed by atoms with Crippen molar-refractivity contribution in [1.29, 1.82) is 0 Å². The summed E-state index contributed by atoms with van der Waals surface area (Å²) in [6.45, 7) is 17.6. The van der Waals surface area contributed by atoms with Crippen LogP contribution in [0.1, 0.15) is 115 Å². The van der Waals surface area contributed by atoms with Crippen molar-refractivity contribution >= 4 is 23.9 Å². The predicted octanol–water partition coefficient (Wildman–Crippen LogP) is 10.2. The highest BCUT2D eigenvalue weighted by Gasteiger charge is 2.19. The van der Waals surface area contributed by atoms with Crippen LogP contribution in [-0.2, 0) is 57.1 Å². The Kier molecular flexibility index (Phi) is 33.1. The minimum absolute atomic E-state index is 0.244. The Bertz CT molecular complexity index is 1820. The summed E-state index contributed by atoms with van der Waals surface area (Å²) in [6, 6.07) is 26.7. The first kappa shape index (κ1) is 58.6. The third kappa shape index (κ3) is 29.3. The first-order chi connectivity index (χ1) is 33.0. The number of hydrogen-bond donors (Lipinski definition) is 0. The summed E-state index contributed by atoms with van der Waals surface area (Å²) >= 11 is 0. The second kappa shape index (κ2) is 38.4. The summed E-state index contributed by atoms with van der Waals surface area (Å²) in [5.41, 5.74) is 2.52. The largest absolute Gasteiger partial charge is 0.494 e. The molecule has 2 atom stereocenters. The Hall–Kier alpha value is -5.54. The zero-order chi connectivity index (χ0) is 49.5. The molecule has 376 valence electrons. The van der Waals surface area contributed by atoms with Crippen LogP contribution < -0.4 is 9.47 Å². The molecule has 14 heteroatoms. The molecule has 0 bridgehead atoms. The summed E-state index contributed by atoms with van der Waals surface area (Å²) < 4.78 is 54.8. The van der Waals surface area contributed by atoms with E-state index in [1.165, 1.54) is 0 Å². The monoisotopic (exact) mass is 949 g/mol. The van der Waals surface area contributed by atoms with Crippen LogP contribution in [-0.4, -0.2) is 104 Å². The maximum Gasteiger partial charge on any atom is 0.333 e. The van der Waals surface area contributed by atoms with Gasteiger partial charge in [-0.25, -0.2) is 9.59 Å². The molecule has 3 rings (SSSR count). The molecule has 3 aromatic rings. The van der Waals surface area contributed by atoms with Crippen LogP contribution in [0.2, 0.25) is 0 Å². The van der Waals surface area contributed by atoms with Gasteiger partial charge in [0.05, 0.1) is 39.6 Å². The third-order valence-electron chi connectivity index (χ3n) is 9.65. The minimum Gasteiger partial charge on any atom is -0.494 e. The number of benzene rings is 3. The number of methoxy groups -OCH3 is 1. The first-order valence-electron chi connectivity index (χ1n) is 23.8. The van der Waals surface area contributed by atoms with Gasteiger partial charge in [-0.2, -0.15) is 0 Å². The second-order valence-corrected chi connectivity index (χ2v) is 15.9. The summed E-state index contributed by atoms with van der Waals surface area (Å²) in [7, 11) is 1.68. The lowest BCUT2D eigenvalue weighted by atomic mass is 10.1. The first-order valence-corrected chi connectivity index (χ1v) is 23.8. The van der Waals surface area contributed by atoms with Crippen molar-refractivity contribution in [3.8, 4) is 11.5 Å². The van der Waals surface area contributed by atoms with E-state index in [2.05, 4.69) is 20.1 Å². The van der Waals surface area contributed by atoms with Crippen LogP contribution in [0.25, 0.3) is 0 Å². The quantitative estimate of drug-likeness (QED) is 0.0232. The van der Waals surface area contributed by atoms with Crippen LogP contribution in [0, 0.1) is 0 Å². The molecule has 0 spiro atoms. The van der Waals surface area contributed by atoms with E-state index in [4.69, 9.17) is 47.4 Å². The average molecular weight is 949 g/mol. The predicted molar refractivity (Wildman–Crippen MR) is 260 cm³/mol. The van der Waals surface area contributed by atoms with Crippen LogP contribution >= 0.6 is 0 Å². The zero-order valence-corrected chi connectivity index (χ0v) is 40.9. The number of unbranched alkanes of at least 4 members (excludes halogenated alkanes) is 4. The van der Waals surface area contributed by atoms with Crippen molar-refractivity contribution in [2.45, 2.75) is 104 Å². The highest BCUT2D eigenvalue weighted by molar-refractivity contribution is 5.87. The number of rotatable bonds is 37. The van der Waals surface area contributed by atoms with E-state index in [0.717, 1.165) is 54.7 Å². The molecule has 0 radical (unpaired) electrons. The lowest BCUT2D eigenvalue weighted by Gasteiger charge is -2.18. The summed E-state index contributed by atoms with van der Waals surface area (Å²) in [5.74, 6) is 0.215. The Morgan fingerprint density at radius 3 is 1.28 bits per heavy atom. The molecular weight excluding hydrogens is 873 g/mol. The molecule has 0 saturated carbocycles. The summed E-state index contributed by atoms with van der Waals surface area (Å²) in [5, 5.41) is 0. The maximum atomic E-state index is 12.4. The molecule has 0 fully saturated rings. The van der Waals surface area contributed by atoms with Crippen LogP contribution in [0.3, 0.4) is 0 Å². The Morgan fingerprint density at radius 1 is 0.471 bits per heavy atom.